The molecule has 1 aliphatic heterocycles. The fraction of sp³-hybridized carbons (Fsp3) is 0.312. The van der Waals surface area contributed by atoms with Crippen molar-refractivity contribution in [3.63, 3.8) is 0 Å². The summed E-state index contributed by atoms with van der Waals surface area (Å²) in [5, 5.41) is 2.61. The second kappa shape index (κ2) is 7.67. The van der Waals surface area contributed by atoms with E-state index in [0.717, 1.165) is 26.2 Å². The van der Waals surface area contributed by atoms with E-state index < -0.39 is 5.82 Å². The lowest BCUT2D eigenvalue weighted by Gasteiger charge is -2.34. The number of aromatic nitrogens is 2. The maximum absolute atomic E-state index is 13.7. The topological polar surface area (TPSA) is 61.4 Å². The van der Waals surface area contributed by atoms with Crippen molar-refractivity contribution < 1.29 is 9.18 Å². The van der Waals surface area contributed by atoms with Gasteiger partial charge < -0.3 is 10.2 Å². The first kappa shape index (κ1) is 16.8. The maximum Gasteiger partial charge on any atom is 0.238 e. The van der Waals surface area contributed by atoms with Crippen molar-refractivity contribution in [3.05, 3.63) is 46.9 Å². The zero-order chi connectivity index (χ0) is 16.9. The number of nitrogens with zero attached hydrogens (tertiary/aromatic N) is 4. The van der Waals surface area contributed by atoms with E-state index in [-0.39, 0.29) is 18.1 Å². The van der Waals surface area contributed by atoms with Crippen molar-refractivity contribution in [2.24, 2.45) is 0 Å². The number of carbonyl (C=O) groups excluding carboxylic acids is 1. The Kier molecular flexibility index (Phi) is 5.37. The molecule has 8 heteroatoms. The van der Waals surface area contributed by atoms with Gasteiger partial charge in [-0.1, -0.05) is 15.9 Å². The summed E-state index contributed by atoms with van der Waals surface area (Å²) in [6.45, 7) is 3.20. The summed E-state index contributed by atoms with van der Waals surface area (Å²) in [5.41, 5.74) is 0.194. The molecule has 3 rings (SSSR count). The minimum atomic E-state index is -0.455. The largest absolute Gasteiger partial charge is 0.338 e. The molecular weight excluding hydrogens is 377 g/mol. The van der Waals surface area contributed by atoms with Crippen LogP contribution < -0.4 is 10.2 Å². The normalized spacial score (nSPS) is 15.3. The van der Waals surface area contributed by atoms with Gasteiger partial charge in [0.25, 0.3) is 0 Å². The number of amides is 1. The zero-order valence-corrected chi connectivity index (χ0v) is 14.5. The fourth-order valence-electron chi connectivity index (χ4n) is 2.54. The lowest BCUT2D eigenvalue weighted by Crippen LogP contribution is -2.49. The van der Waals surface area contributed by atoms with E-state index >= 15 is 0 Å². The Morgan fingerprint density at radius 1 is 1.21 bits per heavy atom. The molecule has 2 aromatic rings. The lowest BCUT2D eigenvalue weighted by atomic mass is 10.3. The molecule has 1 amide bonds. The van der Waals surface area contributed by atoms with Gasteiger partial charge in [0, 0.05) is 43.0 Å². The average Bonchev–Trinajstić information content (AvgIpc) is 2.59. The smallest absolute Gasteiger partial charge is 0.238 e. The van der Waals surface area contributed by atoms with Crippen LogP contribution in [0.3, 0.4) is 0 Å². The minimum Gasteiger partial charge on any atom is -0.338 e. The molecule has 1 aliphatic rings. The van der Waals surface area contributed by atoms with Gasteiger partial charge in [-0.15, -0.1) is 0 Å². The third kappa shape index (κ3) is 4.27. The van der Waals surface area contributed by atoms with E-state index in [1.807, 2.05) is 4.90 Å². The van der Waals surface area contributed by atoms with Crippen molar-refractivity contribution >= 4 is 33.5 Å². The van der Waals surface area contributed by atoms with Crippen LogP contribution in [0, 0.1) is 5.82 Å². The summed E-state index contributed by atoms with van der Waals surface area (Å²) in [6, 6.07) is 6.35. The number of hydrogen-bond donors (Lipinski definition) is 1. The van der Waals surface area contributed by atoms with Crippen LogP contribution in [-0.2, 0) is 4.79 Å². The molecule has 0 aliphatic carbocycles. The molecule has 1 aromatic carbocycles. The highest BCUT2D eigenvalue weighted by atomic mass is 79.9. The van der Waals surface area contributed by atoms with Gasteiger partial charge in [-0.3, -0.25) is 9.69 Å². The minimum absolute atomic E-state index is 0.194. The van der Waals surface area contributed by atoms with E-state index in [1.54, 1.807) is 30.6 Å². The molecule has 6 nitrogen and oxygen atoms in total. The summed E-state index contributed by atoms with van der Waals surface area (Å²) in [4.78, 5) is 24.7. The molecule has 1 saturated heterocycles. The van der Waals surface area contributed by atoms with Gasteiger partial charge in [0.1, 0.15) is 5.82 Å². The van der Waals surface area contributed by atoms with Crippen LogP contribution in [0.5, 0.6) is 0 Å². The number of benzene rings is 1. The Bertz CT molecular complexity index is 707. The van der Waals surface area contributed by atoms with Gasteiger partial charge in [-0.2, -0.15) is 0 Å². The van der Waals surface area contributed by atoms with Crippen molar-refractivity contribution in [1.29, 1.82) is 0 Å². The Morgan fingerprint density at radius 2 is 1.92 bits per heavy atom. The number of rotatable bonds is 4. The molecule has 126 valence electrons. The first-order valence-corrected chi connectivity index (χ1v) is 8.40. The highest BCUT2D eigenvalue weighted by Crippen LogP contribution is 2.19. The summed E-state index contributed by atoms with van der Waals surface area (Å²) in [6.07, 6.45) is 3.43. The van der Waals surface area contributed by atoms with E-state index in [9.17, 15) is 9.18 Å². The van der Waals surface area contributed by atoms with Crippen LogP contribution in [0.4, 0.5) is 16.0 Å². The molecule has 1 N–H and O–H groups in total. The van der Waals surface area contributed by atoms with Gasteiger partial charge in [-0.05, 0) is 24.3 Å². The number of nitrogens with one attached hydrogen (secondary N) is 1. The second-order valence-corrected chi connectivity index (χ2v) is 6.40. The van der Waals surface area contributed by atoms with E-state index in [2.05, 4.69) is 36.1 Å². The summed E-state index contributed by atoms with van der Waals surface area (Å²) < 4.78 is 14.4. The van der Waals surface area contributed by atoms with E-state index in [1.165, 1.54) is 6.07 Å². The van der Waals surface area contributed by atoms with Crippen LogP contribution in [0.15, 0.2) is 41.1 Å². The highest BCUT2D eigenvalue weighted by molar-refractivity contribution is 9.10. The fourth-order valence-corrected chi connectivity index (χ4v) is 2.88. The van der Waals surface area contributed by atoms with Crippen molar-refractivity contribution in [1.82, 2.24) is 14.9 Å². The Labute approximate surface area is 147 Å². The van der Waals surface area contributed by atoms with Gasteiger partial charge in [-0.25, -0.2) is 14.4 Å². The van der Waals surface area contributed by atoms with Gasteiger partial charge in [0.15, 0.2) is 0 Å². The monoisotopic (exact) mass is 393 g/mol. The molecule has 2 heterocycles. The standard InChI is InChI=1S/C16H17BrFN5O/c17-12-2-3-14(13(18)10-12)21-15(24)11-22-6-8-23(9-7-22)16-19-4-1-5-20-16/h1-5,10H,6-9,11H2,(H,21,24). The Balaban J connectivity index is 1.50. The van der Waals surface area contributed by atoms with E-state index in [0.29, 0.717) is 10.4 Å². The number of hydrogen-bond acceptors (Lipinski definition) is 5. The molecule has 1 fully saturated rings. The van der Waals surface area contributed by atoms with Crippen molar-refractivity contribution in [2.45, 2.75) is 0 Å². The van der Waals surface area contributed by atoms with Crippen LogP contribution in [-0.4, -0.2) is 53.5 Å². The summed E-state index contributed by atoms with van der Waals surface area (Å²) in [7, 11) is 0. The lowest BCUT2D eigenvalue weighted by molar-refractivity contribution is -0.117. The third-order valence-electron chi connectivity index (χ3n) is 3.78. The van der Waals surface area contributed by atoms with Gasteiger partial charge in [0.05, 0.1) is 12.2 Å². The predicted octanol–water partition coefficient (Wildman–Crippen LogP) is 2.14. The zero-order valence-electron chi connectivity index (χ0n) is 13.0. The van der Waals surface area contributed by atoms with Crippen LogP contribution in [0.1, 0.15) is 0 Å². The van der Waals surface area contributed by atoms with Crippen LogP contribution in [0.2, 0.25) is 0 Å². The van der Waals surface area contributed by atoms with Crippen molar-refractivity contribution in [3.8, 4) is 0 Å². The predicted molar refractivity (Wildman–Crippen MR) is 93.4 cm³/mol. The molecule has 0 unspecified atom stereocenters. The summed E-state index contributed by atoms with van der Waals surface area (Å²) in [5.74, 6) is 0.0305. The highest BCUT2D eigenvalue weighted by Gasteiger charge is 2.20. The second-order valence-electron chi connectivity index (χ2n) is 5.48. The molecule has 0 atom stereocenters. The molecule has 0 saturated carbocycles. The van der Waals surface area contributed by atoms with Crippen LogP contribution in [0.25, 0.3) is 0 Å². The van der Waals surface area contributed by atoms with Gasteiger partial charge in [0.2, 0.25) is 11.9 Å². The molecule has 0 spiro atoms. The number of anilines is 2. The number of carbonyl (C=O) groups is 1. The molecule has 0 bridgehead atoms. The average molecular weight is 394 g/mol. The maximum atomic E-state index is 13.7. The Hall–Kier alpha value is -2.06. The number of piperazine rings is 1. The molecule has 0 radical (unpaired) electrons. The van der Waals surface area contributed by atoms with E-state index in [4.69, 9.17) is 0 Å². The van der Waals surface area contributed by atoms with Crippen molar-refractivity contribution in [2.75, 3.05) is 42.9 Å². The first-order chi connectivity index (χ1) is 11.6. The van der Waals surface area contributed by atoms with Gasteiger partial charge >= 0.3 is 0 Å². The number of halogens is 2. The first-order valence-electron chi connectivity index (χ1n) is 7.61. The SMILES string of the molecule is O=C(CN1CCN(c2ncccn2)CC1)Nc1ccc(Br)cc1F. The molecule has 1 aromatic heterocycles. The Morgan fingerprint density at radius 3 is 2.58 bits per heavy atom. The summed E-state index contributed by atoms with van der Waals surface area (Å²) >= 11 is 3.19. The van der Waals surface area contributed by atoms with Crippen LogP contribution >= 0.6 is 15.9 Å². The quantitative estimate of drug-likeness (QED) is 0.861. The molecular formula is C16H17BrFN5O. The third-order valence-corrected chi connectivity index (χ3v) is 4.27. The molecule has 24 heavy (non-hydrogen) atoms.